The van der Waals surface area contributed by atoms with Crippen LogP contribution < -0.4 is 5.32 Å². The molecule has 0 bridgehead atoms. The Morgan fingerprint density at radius 2 is 2.12 bits per heavy atom. The van der Waals surface area contributed by atoms with E-state index in [4.69, 9.17) is 4.74 Å². The molecule has 1 heterocycles. The van der Waals surface area contributed by atoms with Gasteiger partial charge in [-0.2, -0.15) is 0 Å². The van der Waals surface area contributed by atoms with Crippen molar-refractivity contribution in [3.63, 3.8) is 0 Å². The van der Waals surface area contributed by atoms with Crippen LogP contribution in [0.1, 0.15) is 13.3 Å². The van der Waals surface area contributed by atoms with Crippen molar-refractivity contribution in [2.24, 2.45) is 0 Å². The highest BCUT2D eigenvalue weighted by Gasteiger charge is 2.25. The van der Waals surface area contributed by atoms with Crippen LogP contribution in [0.3, 0.4) is 0 Å². The SMILES string of the molecule is CC1OCCC1Nc1cc(F)c(Br)cc1F. The third-order valence-electron chi connectivity index (χ3n) is 2.73. The van der Waals surface area contributed by atoms with Crippen molar-refractivity contribution in [2.45, 2.75) is 25.5 Å². The summed E-state index contributed by atoms with van der Waals surface area (Å²) >= 11 is 2.94. The van der Waals surface area contributed by atoms with Crippen LogP contribution in [0, 0.1) is 11.6 Å². The Morgan fingerprint density at radius 1 is 1.38 bits per heavy atom. The van der Waals surface area contributed by atoms with Crippen LogP contribution in [0.15, 0.2) is 16.6 Å². The number of hydrogen-bond donors (Lipinski definition) is 1. The number of ether oxygens (including phenoxy) is 1. The summed E-state index contributed by atoms with van der Waals surface area (Å²) in [5, 5.41) is 2.97. The first-order valence-corrected chi connectivity index (χ1v) is 5.90. The Balaban J connectivity index is 2.18. The van der Waals surface area contributed by atoms with Crippen LogP contribution in [-0.2, 0) is 4.74 Å². The summed E-state index contributed by atoms with van der Waals surface area (Å²) in [6, 6.07) is 2.32. The number of nitrogens with one attached hydrogen (secondary N) is 1. The molecule has 0 aromatic heterocycles. The minimum atomic E-state index is -0.476. The van der Waals surface area contributed by atoms with Gasteiger partial charge < -0.3 is 10.1 Å². The predicted molar refractivity (Wildman–Crippen MR) is 61.5 cm³/mol. The van der Waals surface area contributed by atoms with Crippen molar-refractivity contribution in [1.29, 1.82) is 0 Å². The van der Waals surface area contributed by atoms with Crippen LogP contribution in [0.4, 0.5) is 14.5 Å². The normalized spacial score (nSPS) is 24.8. The van der Waals surface area contributed by atoms with E-state index in [0.717, 1.165) is 18.6 Å². The van der Waals surface area contributed by atoms with Gasteiger partial charge in [-0.3, -0.25) is 0 Å². The zero-order valence-corrected chi connectivity index (χ0v) is 10.4. The zero-order chi connectivity index (χ0) is 11.7. The number of halogens is 3. The third kappa shape index (κ3) is 2.35. The molecule has 1 aromatic rings. The second-order valence-electron chi connectivity index (χ2n) is 3.86. The summed E-state index contributed by atoms with van der Waals surface area (Å²) in [6.07, 6.45) is 0.823. The molecule has 0 amide bonds. The number of rotatable bonds is 2. The molecule has 1 N–H and O–H groups in total. The lowest BCUT2D eigenvalue weighted by molar-refractivity contribution is 0.121. The highest BCUT2D eigenvalue weighted by atomic mass is 79.9. The van der Waals surface area contributed by atoms with E-state index < -0.39 is 11.6 Å². The van der Waals surface area contributed by atoms with Crippen molar-refractivity contribution < 1.29 is 13.5 Å². The van der Waals surface area contributed by atoms with Crippen LogP contribution in [0.2, 0.25) is 0 Å². The minimum Gasteiger partial charge on any atom is -0.377 e. The topological polar surface area (TPSA) is 21.3 Å². The molecule has 88 valence electrons. The van der Waals surface area contributed by atoms with Crippen molar-refractivity contribution in [3.8, 4) is 0 Å². The lowest BCUT2D eigenvalue weighted by atomic mass is 10.1. The molecule has 1 fully saturated rings. The van der Waals surface area contributed by atoms with Crippen LogP contribution >= 0.6 is 15.9 Å². The van der Waals surface area contributed by atoms with Crippen LogP contribution in [-0.4, -0.2) is 18.8 Å². The lowest BCUT2D eigenvalue weighted by Crippen LogP contribution is -2.27. The summed E-state index contributed by atoms with van der Waals surface area (Å²) in [4.78, 5) is 0. The van der Waals surface area contributed by atoms with Gasteiger partial charge in [0.25, 0.3) is 0 Å². The summed E-state index contributed by atoms with van der Waals surface area (Å²) in [7, 11) is 0. The van der Waals surface area contributed by atoms with Gasteiger partial charge in [0, 0.05) is 12.7 Å². The first-order chi connectivity index (χ1) is 7.58. The molecule has 16 heavy (non-hydrogen) atoms. The molecule has 0 aliphatic carbocycles. The van der Waals surface area contributed by atoms with Gasteiger partial charge in [0.1, 0.15) is 11.6 Å². The van der Waals surface area contributed by atoms with E-state index in [1.165, 1.54) is 0 Å². The van der Waals surface area contributed by atoms with E-state index in [0.29, 0.717) is 6.61 Å². The number of hydrogen-bond acceptors (Lipinski definition) is 2. The van der Waals surface area contributed by atoms with Crippen LogP contribution in [0.25, 0.3) is 0 Å². The van der Waals surface area contributed by atoms with E-state index >= 15 is 0 Å². The highest BCUT2D eigenvalue weighted by Crippen LogP contribution is 2.26. The molecule has 1 aliphatic rings. The standard InChI is InChI=1S/C11H12BrF2NO/c1-6-10(2-3-16-6)15-11-5-8(13)7(12)4-9(11)14/h4-6,10,15H,2-3H2,1H3. The van der Waals surface area contributed by atoms with E-state index in [9.17, 15) is 8.78 Å². The van der Waals surface area contributed by atoms with Gasteiger partial charge in [-0.1, -0.05) is 0 Å². The van der Waals surface area contributed by atoms with E-state index in [1.807, 2.05) is 6.92 Å². The molecule has 0 radical (unpaired) electrons. The minimum absolute atomic E-state index is 0.0195. The molecule has 1 aliphatic heterocycles. The number of anilines is 1. The molecule has 2 unspecified atom stereocenters. The van der Waals surface area contributed by atoms with Gasteiger partial charge in [-0.25, -0.2) is 8.78 Å². The van der Waals surface area contributed by atoms with Crippen molar-refractivity contribution >= 4 is 21.6 Å². The van der Waals surface area contributed by atoms with E-state index in [2.05, 4.69) is 21.2 Å². The number of benzene rings is 1. The molecule has 0 spiro atoms. The Kier molecular flexibility index (Phi) is 3.44. The van der Waals surface area contributed by atoms with Gasteiger partial charge in [-0.05, 0) is 35.3 Å². The first kappa shape index (κ1) is 11.8. The second kappa shape index (κ2) is 4.67. The van der Waals surface area contributed by atoms with Gasteiger partial charge in [-0.15, -0.1) is 0 Å². The molecular weight excluding hydrogens is 280 g/mol. The Morgan fingerprint density at radius 3 is 2.75 bits per heavy atom. The van der Waals surface area contributed by atoms with Gasteiger partial charge in [0.15, 0.2) is 0 Å². The first-order valence-electron chi connectivity index (χ1n) is 5.10. The lowest BCUT2D eigenvalue weighted by Gasteiger charge is -2.18. The van der Waals surface area contributed by atoms with Gasteiger partial charge in [0.05, 0.1) is 22.3 Å². The Labute approximate surface area is 101 Å². The monoisotopic (exact) mass is 291 g/mol. The maximum absolute atomic E-state index is 13.5. The summed E-state index contributed by atoms with van der Waals surface area (Å²) in [6.45, 7) is 2.57. The molecule has 2 atom stereocenters. The summed E-state index contributed by atoms with van der Waals surface area (Å²) in [5.74, 6) is -0.942. The van der Waals surface area contributed by atoms with E-state index in [1.54, 1.807) is 0 Å². The van der Waals surface area contributed by atoms with E-state index in [-0.39, 0.29) is 22.3 Å². The maximum Gasteiger partial charge on any atom is 0.147 e. The fraction of sp³-hybridized carbons (Fsp3) is 0.455. The largest absolute Gasteiger partial charge is 0.377 e. The quantitative estimate of drug-likeness (QED) is 0.844. The fourth-order valence-electron chi connectivity index (χ4n) is 1.75. The van der Waals surface area contributed by atoms with Crippen molar-refractivity contribution in [1.82, 2.24) is 0 Å². The molecular formula is C11H12BrF2NO. The molecule has 2 nitrogen and oxygen atoms in total. The van der Waals surface area contributed by atoms with Crippen molar-refractivity contribution in [3.05, 3.63) is 28.2 Å². The Bertz CT molecular complexity index is 400. The predicted octanol–water partition coefficient (Wildman–Crippen LogP) is 3.32. The molecule has 1 aromatic carbocycles. The van der Waals surface area contributed by atoms with Gasteiger partial charge >= 0.3 is 0 Å². The fourth-order valence-corrected chi connectivity index (χ4v) is 2.07. The second-order valence-corrected chi connectivity index (χ2v) is 4.72. The summed E-state index contributed by atoms with van der Waals surface area (Å²) in [5.41, 5.74) is 0.183. The molecule has 0 saturated carbocycles. The molecule has 2 rings (SSSR count). The van der Waals surface area contributed by atoms with Gasteiger partial charge in [0.2, 0.25) is 0 Å². The van der Waals surface area contributed by atoms with Crippen LogP contribution in [0.5, 0.6) is 0 Å². The smallest absolute Gasteiger partial charge is 0.147 e. The Hall–Kier alpha value is -0.680. The third-order valence-corrected chi connectivity index (χ3v) is 3.33. The molecule has 1 saturated heterocycles. The zero-order valence-electron chi connectivity index (χ0n) is 8.77. The maximum atomic E-state index is 13.5. The molecule has 5 heteroatoms. The average Bonchev–Trinajstić information content (AvgIpc) is 2.61. The highest BCUT2D eigenvalue weighted by molar-refractivity contribution is 9.10. The average molecular weight is 292 g/mol. The summed E-state index contributed by atoms with van der Waals surface area (Å²) < 4.78 is 32.2. The van der Waals surface area contributed by atoms with Crippen molar-refractivity contribution in [2.75, 3.05) is 11.9 Å².